The quantitative estimate of drug-likeness (QED) is 0.860. The smallest absolute Gasteiger partial charge is 0.151 e. The van der Waals surface area contributed by atoms with E-state index in [1.807, 2.05) is 24.3 Å². The number of hydrogen-bond donors (Lipinski definition) is 0. The maximum Gasteiger partial charge on any atom is 0.151 e. The molecule has 0 bridgehead atoms. The van der Waals surface area contributed by atoms with Crippen LogP contribution in [0, 0.1) is 0 Å². The van der Waals surface area contributed by atoms with Gasteiger partial charge in [0, 0.05) is 5.92 Å². The van der Waals surface area contributed by atoms with E-state index in [9.17, 15) is 8.42 Å². The van der Waals surface area contributed by atoms with E-state index >= 15 is 0 Å². The molecule has 0 N–H and O–H groups in total. The Morgan fingerprint density at radius 2 is 2.14 bits per heavy atom. The number of methoxy groups -OCH3 is 1. The molecule has 2 heterocycles. The van der Waals surface area contributed by atoms with Crippen LogP contribution in [-0.2, 0) is 9.84 Å². The summed E-state index contributed by atoms with van der Waals surface area (Å²) in [7, 11) is -1.39. The lowest BCUT2D eigenvalue weighted by Gasteiger charge is -2.22. The summed E-state index contributed by atoms with van der Waals surface area (Å²) in [4.78, 5) is 4.29. The number of benzene rings is 1. The SMILES string of the molecule is COc1ccccc1-n1ncnc1[C@H]1CCCS(=O)(=O)C1. The topological polar surface area (TPSA) is 74.1 Å². The molecule has 0 saturated carbocycles. The number of rotatable bonds is 3. The highest BCUT2D eigenvalue weighted by Gasteiger charge is 2.29. The van der Waals surface area contributed by atoms with Gasteiger partial charge in [-0.1, -0.05) is 12.1 Å². The van der Waals surface area contributed by atoms with Gasteiger partial charge in [0.2, 0.25) is 0 Å². The van der Waals surface area contributed by atoms with Gasteiger partial charge >= 0.3 is 0 Å². The minimum absolute atomic E-state index is 0.115. The van der Waals surface area contributed by atoms with E-state index in [1.54, 1.807) is 11.8 Å². The molecular weight excluding hydrogens is 290 g/mol. The Hall–Kier alpha value is -1.89. The van der Waals surface area contributed by atoms with E-state index in [4.69, 9.17) is 4.74 Å². The van der Waals surface area contributed by atoms with Gasteiger partial charge < -0.3 is 4.74 Å². The molecule has 112 valence electrons. The first-order chi connectivity index (χ1) is 10.1. The Bertz CT molecular complexity index is 739. The monoisotopic (exact) mass is 307 g/mol. The Balaban J connectivity index is 2.01. The summed E-state index contributed by atoms with van der Waals surface area (Å²) in [5.41, 5.74) is 0.774. The molecule has 7 heteroatoms. The van der Waals surface area contributed by atoms with Crippen molar-refractivity contribution in [3.8, 4) is 11.4 Å². The van der Waals surface area contributed by atoms with Crippen LogP contribution in [0.15, 0.2) is 30.6 Å². The summed E-state index contributed by atoms with van der Waals surface area (Å²) in [6, 6.07) is 7.50. The average Bonchev–Trinajstić information content (AvgIpc) is 2.95. The average molecular weight is 307 g/mol. The number of hydrogen-bond acceptors (Lipinski definition) is 5. The Labute approximate surface area is 123 Å². The van der Waals surface area contributed by atoms with Crippen LogP contribution in [0.5, 0.6) is 5.75 Å². The zero-order valence-electron chi connectivity index (χ0n) is 11.8. The minimum atomic E-state index is -2.98. The van der Waals surface area contributed by atoms with Gasteiger partial charge in [0.15, 0.2) is 9.84 Å². The van der Waals surface area contributed by atoms with Crippen molar-refractivity contribution >= 4 is 9.84 Å². The molecule has 1 aliphatic rings. The largest absolute Gasteiger partial charge is 0.494 e. The van der Waals surface area contributed by atoms with E-state index in [0.717, 1.165) is 12.1 Å². The molecule has 6 nitrogen and oxygen atoms in total. The molecule has 1 fully saturated rings. The summed E-state index contributed by atoms with van der Waals surface area (Å²) in [6.07, 6.45) is 2.95. The number of sulfone groups is 1. The van der Waals surface area contributed by atoms with Gasteiger partial charge in [0.25, 0.3) is 0 Å². The van der Waals surface area contributed by atoms with E-state index in [-0.39, 0.29) is 17.4 Å². The number of nitrogens with zero attached hydrogens (tertiary/aromatic N) is 3. The van der Waals surface area contributed by atoms with Gasteiger partial charge in [0.1, 0.15) is 23.6 Å². The van der Waals surface area contributed by atoms with Gasteiger partial charge in [0.05, 0.1) is 18.6 Å². The maximum atomic E-state index is 11.8. The van der Waals surface area contributed by atoms with Gasteiger partial charge in [-0.05, 0) is 25.0 Å². The number of para-hydroxylation sites is 2. The molecule has 1 aromatic heterocycles. The third kappa shape index (κ3) is 2.78. The summed E-state index contributed by atoms with van der Waals surface area (Å²) in [5, 5.41) is 4.25. The molecule has 0 radical (unpaired) electrons. The first kappa shape index (κ1) is 14.1. The predicted molar refractivity (Wildman–Crippen MR) is 78.5 cm³/mol. The van der Waals surface area contributed by atoms with Gasteiger partial charge in [-0.3, -0.25) is 0 Å². The summed E-state index contributed by atoms with van der Waals surface area (Å²) in [6.45, 7) is 0. The van der Waals surface area contributed by atoms with Crippen molar-refractivity contribution in [1.82, 2.24) is 14.8 Å². The summed E-state index contributed by atoms with van der Waals surface area (Å²) >= 11 is 0. The molecule has 1 saturated heterocycles. The van der Waals surface area contributed by atoms with Crippen molar-refractivity contribution in [2.24, 2.45) is 0 Å². The summed E-state index contributed by atoms with van der Waals surface area (Å²) in [5.74, 6) is 1.66. The van der Waals surface area contributed by atoms with Crippen LogP contribution >= 0.6 is 0 Å². The van der Waals surface area contributed by atoms with E-state index < -0.39 is 9.84 Å². The van der Waals surface area contributed by atoms with Crippen LogP contribution in [0.2, 0.25) is 0 Å². The fourth-order valence-electron chi connectivity index (χ4n) is 2.75. The van der Waals surface area contributed by atoms with Crippen LogP contribution in [0.3, 0.4) is 0 Å². The van der Waals surface area contributed by atoms with Crippen LogP contribution in [0.4, 0.5) is 0 Å². The van der Waals surface area contributed by atoms with Crippen LogP contribution < -0.4 is 4.74 Å². The highest BCUT2D eigenvalue weighted by molar-refractivity contribution is 7.91. The van der Waals surface area contributed by atoms with E-state index in [0.29, 0.717) is 18.0 Å². The highest BCUT2D eigenvalue weighted by Crippen LogP contribution is 2.30. The van der Waals surface area contributed by atoms with Crippen LogP contribution in [0.1, 0.15) is 24.6 Å². The second kappa shape index (κ2) is 5.48. The molecule has 0 amide bonds. The Kier molecular flexibility index (Phi) is 3.67. The highest BCUT2D eigenvalue weighted by atomic mass is 32.2. The molecular formula is C14H17N3O3S. The third-order valence-electron chi connectivity index (χ3n) is 3.72. The standard InChI is InChI=1S/C14H17N3O3S/c1-20-13-7-3-2-6-12(13)17-14(15-10-16-17)11-5-4-8-21(18,19)9-11/h2-3,6-7,10-11H,4-5,8-9H2,1H3/t11-/m0/s1. The lowest BCUT2D eigenvalue weighted by Crippen LogP contribution is -2.26. The molecule has 1 aromatic carbocycles. The van der Waals surface area contributed by atoms with Gasteiger partial charge in [-0.2, -0.15) is 5.10 Å². The first-order valence-corrected chi connectivity index (χ1v) is 8.66. The van der Waals surface area contributed by atoms with Crippen LogP contribution in [-0.4, -0.2) is 41.8 Å². The second-order valence-electron chi connectivity index (χ2n) is 5.16. The zero-order valence-corrected chi connectivity index (χ0v) is 12.6. The van der Waals surface area contributed by atoms with Crippen molar-refractivity contribution < 1.29 is 13.2 Å². The minimum Gasteiger partial charge on any atom is -0.494 e. The van der Waals surface area contributed by atoms with E-state index in [2.05, 4.69) is 10.1 Å². The lowest BCUT2D eigenvalue weighted by molar-refractivity contribution is 0.410. The van der Waals surface area contributed by atoms with Crippen molar-refractivity contribution in [3.63, 3.8) is 0 Å². The van der Waals surface area contributed by atoms with Crippen molar-refractivity contribution in [2.75, 3.05) is 18.6 Å². The van der Waals surface area contributed by atoms with Crippen LogP contribution in [0.25, 0.3) is 5.69 Å². The van der Waals surface area contributed by atoms with Crippen molar-refractivity contribution in [2.45, 2.75) is 18.8 Å². The lowest BCUT2D eigenvalue weighted by atomic mass is 10.0. The van der Waals surface area contributed by atoms with Gasteiger partial charge in [-0.15, -0.1) is 0 Å². The van der Waals surface area contributed by atoms with Crippen molar-refractivity contribution in [1.29, 1.82) is 0 Å². The molecule has 0 spiro atoms. The molecule has 1 atom stereocenters. The normalized spacial score (nSPS) is 21.1. The molecule has 3 rings (SSSR count). The van der Waals surface area contributed by atoms with Gasteiger partial charge in [-0.25, -0.2) is 18.1 Å². The second-order valence-corrected chi connectivity index (χ2v) is 7.38. The fraction of sp³-hybridized carbons (Fsp3) is 0.429. The molecule has 21 heavy (non-hydrogen) atoms. The molecule has 0 aliphatic carbocycles. The number of ether oxygens (including phenoxy) is 1. The molecule has 2 aromatic rings. The zero-order chi connectivity index (χ0) is 14.9. The van der Waals surface area contributed by atoms with E-state index in [1.165, 1.54) is 6.33 Å². The first-order valence-electron chi connectivity index (χ1n) is 6.84. The predicted octanol–water partition coefficient (Wildman–Crippen LogP) is 1.57. The molecule has 1 aliphatic heterocycles. The number of aromatic nitrogens is 3. The summed E-state index contributed by atoms with van der Waals surface area (Å²) < 4.78 is 30.7. The fourth-order valence-corrected chi connectivity index (χ4v) is 4.45. The maximum absolute atomic E-state index is 11.8. The Morgan fingerprint density at radius 1 is 1.33 bits per heavy atom. The molecule has 0 unspecified atom stereocenters. The Morgan fingerprint density at radius 3 is 2.90 bits per heavy atom. The third-order valence-corrected chi connectivity index (χ3v) is 5.54. The van der Waals surface area contributed by atoms with Crippen molar-refractivity contribution in [3.05, 3.63) is 36.4 Å².